The Morgan fingerprint density at radius 1 is 1.17 bits per heavy atom. The summed E-state index contributed by atoms with van der Waals surface area (Å²) in [4.78, 5) is 30.6. The Morgan fingerprint density at radius 3 is 2.66 bits per heavy atom. The molecule has 3 rings (SSSR count). The summed E-state index contributed by atoms with van der Waals surface area (Å²) in [5.74, 6) is -0.0793. The Labute approximate surface area is 169 Å². The van der Waals surface area contributed by atoms with Crippen LogP contribution in [0.15, 0.2) is 57.9 Å². The summed E-state index contributed by atoms with van der Waals surface area (Å²) < 4.78 is 5.32. The van der Waals surface area contributed by atoms with E-state index in [1.807, 2.05) is 63.5 Å². The number of amides is 1. The van der Waals surface area contributed by atoms with Crippen molar-refractivity contribution < 1.29 is 9.21 Å². The van der Waals surface area contributed by atoms with Gasteiger partial charge >= 0.3 is 11.6 Å². The predicted molar refractivity (Wildman–Crippen MR) is 115 cm³/mol. The number of fused-ring (bicyclic) bond motifs is 1. The van der Waals surface area contributed by atoms with Crippen molar-refractivity contribution in [1.29, 1.82) is 0 Å². The second-order valence-electron chi connectivity index (χ2n) is 6.95. The molecule has 0 unspecified atom stereocenters. The third-order valence-corrected chi connectivity index (χ3v) is 4.39. The van der Waals surface area contributed by atoms with Gasteiger partial charge in [-0.3, -0.25) is 4.79 Å². The lowest BCUT2D eigenvalue weighted by Gasteiger charge is -2.12. The van der Waals surface area contributed by atoms with Gasteiger partial charge in [-0.15, -0.1) is 0 Å². The molecule has 0 saturated carbocycles. The van der Waals surface area contributed by atoms with Crippen molar-refractivity contribution in [3.63, 3.8) is 0 Å². The Bertz CT molecular complexity index is 1090. The number of carbonyl (C=O) groups excluding carboxylic acids is 1. The molecule has 0 aliphatic rings. The van der Waals surface area contributed by atoms with Gasteiger partial charge in [0, 0.05) is 12.7 Å². The van der Waals surface area contributed by atoms with Gasteiger partial charge in [0.1, 0.15) is 0 Å². The van der Waals surface area contributed by atoms with Gasteiger partial charge in [0.15, 0.2) is 0 Å². The van der Waals surface area contributed by atoms with Crippen molar-refractivity contribution in [2.45, 2.75) is 13.5 Å². The molecule has 150 valence electrons. The van der Waals surface area contributed by atoms with Crippen LogP contribution in [0.3, 0.4) is 0 Å². The van der Waals surface area contributed by atoms with Crippen LogP contribution in [-0.4, -0.2) is 36.4 Å². The summed E-state index contributed by atoms with van der Waals surface area (Å²) in [6.45, 7) is 2.48. The summed E-state index contributed by atoms with van der Waals surface area (Å²) in [6, 6.07) is 13.5. The smallest absolute Gasteiger partial charge is 0.348 e. The second kappa shape index (κ2) is 9.16. The lowest BCUT2D eigenvalue weighted by molar-refractivity contribution is -0.121. The van der Waals surface area contributed by atoms with Crippen molar-refractivity contribution in [1.82, 2.24) is 15.2 Å². The number of nitrogens with one attached hydrogen (secondary N) is 2. The van der Waals surface area contributed by atoms with E-state index in [1.165, 1.54) is 0 Å². The number of anilines is 1. The van der Waals surface area contributed by atoms with Crippen LogP contribution in [-0.2, 0) is 11.3 Å². The third-order valence-electron chi connectivity index (χ3n) is 4.39. The molecule has 0 radical (unpaired) electrons. The van der Waals surface area contributed by atoms with Gasteiger partial charge in [-0.05, 0) is 49.9 Å². The molecule has 29 heavy (non-hydrogen) atoms. The van der Waals surface area contributed by atoms with Crippen LogP contribution >= 0.6 is 0 Å². The zero-order valence-electron chi connectivity index (χ0n) is 16.7. The van der Waals surface area contributed by atoms with E-state index in [0.717, 1.165) is 16.7 Å². The quantitative estimate of drug-likeness (QED) is 0.643. The molecule has 0 saturated heterocycles. The molecule has 2 N–H and O–H groups in total. The Balaban J connectivity index is 1.77. The zero-order chi connectivity index (χ0) is 20.8. The van der Waals surface area contributed by atoms with Gasteiger partial charge in [-0.2, -0.15) is 4.98 Å². The molecule has 0 atom stereocenters. The first-order chi connectivity index (χ1) is 13.9. The maximum absolute atomic E-state index is 12.5. The first kappa shape index (κ1) is 20.3. The largest absolute Gasteiger partial charge is 0.388 e. The average molecular weight is 392 g/mol. The summed E-state index contributed by atoms with van der Waals surface area (Å²) in [6.07, 6.45) is 3.53. The normalized spacial score (nSPS) is 11.3. The minimum Gasteiger partial charge on any atom is -0.388 e. The zero-order valence-corrected chi connectivity index (χ0v) is 16.7. The monoisotopic (exact) mass is 392 g/mol. The van der Waals surface area contributed by atoms with Crippen LogP contribution in [0.25, 0.3) is 17.0 Å². The predicted octanol–water partition coefficient (Wildman–Crippen LogP) is 2.76. The standard InChI is InChI=1S/C22H24N4O3/c1-15-17(13-24-19(27)14-26(2)3)9-10-18-20(15)21(28)29-22(25-18)23-12-11-16-7-5-4-6-8-16/h4-12H,13-14H2,1-3H3,(H,23,25)(H,24,27). The van der Waals surface area contributed by atoms with Gasteiger partial charge in [0.05, 0.1) is 17.4 Å². The third kappa shape index (κ3) is 5.30. The minimum absolute atomic E-state index is 0.0793. The van der Waals surface area contributed by atoms with Crippen LogP contribution in [0.1, 0.15) is 16.7 Å². The molecular formula is C22H24N4O3. The highest BCUT2D eigenvalue weighted by Crippen LogP contribution is 2.19. The number of benzene rings is 2. The topological polar surface area (TPSA) is 87.5 Å². The van der Waals surface area contributed by atoms with Crippen molar-refractivity contribution in [2.24, 2.45) is 0 Å². The number of likely N-dealkylation sites (N-methyl/N-ethyl adjacent to an activating group) is 1. The van der Waals surface area contributed by atoms with Gasteiger partial charge < -0.3 is 20.0 Å². The molecule has 0 bridgehead atoms. The minimum atomic E-state index is -0.468. The van der Waals surface area contributed by atoms with Gasteiger partial charge in [-0.25, -0.2) is 4.79 Å². The molecule has 1 heterocycles. The summed E-state index contributed by atoms with van der Waals surface area (Å²) >= 11 is 0. The molecule has 0 fully saturated rings. The van der Waals surface area contributed by atoms with Crippen LogP contribution in [0, 0.1) is 6.92 Å². The van der Waals surface area contributed by atoms with Crippen LogP contribution in [0.2, 0.25) is 0 Å². The number of rotatable bonds is 7. The molecule has 0 aliphatic carbocycles. The van der Waals surface area contributed by atoms with Gasteiger partial charge in [0.25, 0.3) is 0 Å². The lowest BCUT2D eigenvalue weighted by atomic mass is 10.0. The van der Waals surface area contributed by atoms with Gasteiger partial charge in [0.2, 0.25) is 5.91 Å². The van der Waals surface area contributed by atoms with Crippen LogP contribution in [0.4, 0.5) is 6.01 Å². The van der Waals surface area contributed by atoms with E-state index in [4.69, 9.17) is 4.42 Å². The highest BCUT2D eigenvalue weighted by atomic mass is 16.4. The fraction of sp³-hybridized carbons (Fsp3) is 0.227. The van der Waals surface area contributed by atoms with Gasteiger partial charge in [-0.1, -0.05) is 36.4 Å². The molecule has 0 aliphatic heterocycles. The highest BCUT2D eigenvalue weighted by molar-refractivity contribution is 5.83. The first-order valence-electron chi connectivity index (χ1n) is 9.27. The molecular weight excluding hydrogens is 368 g/mol. The Kier molecular flexibility index (Phi) is 6.41. The van der Waals surface area contributed by atoms with E-state index in [1.54, 1.807) is 17.2 Å². The van der Waals surface area contributed by atoms with E-state index < -0.39 is 5.63 Å². The van der Waals surface area contributed by atoms with Crippen molar-refractivity contribution in [3.05, 3.63) is 75.8 Å². The molecule has 1 aromatic heterocycles. The van der Waals surface area contributed by atoms with E-state index in [9.17, 15) is 9.59 Å². The van der Waals surface area contributed by atoms with Crippen LogP contribution in [0.5, 0.6) is 0 Å². The molecule has 2 aromatic carbocycles. The number of carbonyl (C=O) groups is 1. The van der Waals surface area contributed by atoms with Crippen LogP contribution < -0.4 is 16.3 Å². The first-order valence-corrected chi connectivity index (χ1v) is 9.27. The van der Waals surface area contributed by atoms with Crippen molar-refractivity contribution >= 4 is 28.9 Å². The maximum atomic E-state index is 12.5. The van der Waals surface area contributed by atoms with E-state index in [2.05, 4.69) is 15.6 Å². The number of hydrogen-bond donors (Lipinski definition) is 2. The molecule has 7 heteroatoms. The fourth-order valence-electron chi connectivity index (χ4n) is 2.93. The number of nitrogens with zero attached hydrogens (tertiary/aromatic N) is 2. The Hall–Kier alpha value is -3.45. The van der Waals surface area contributed by atoms with E-state index in [-0.39, 0.29) is 11.9 Å². The highest BCUT2D eigenvalue weighted by Gasteiger charge is 2.12. The number of aromatic nitrogens is 1. The van der Waals surface area contributed by atoms with E-state index in [0.29, 0.717) is 24.0 Å². The SMILES string of the molecule is Cc1c(CNC(=O)CN(C)C)ccc2nc(NC=Cc3ccccc3)oc(=O)c12. The Morgan fingerprint density at radius 2 is 1.93 bits per heavy atom. The molecule has 0 spiro atoms. The number of aryl methyl sites for hydroxylation is 1. The molecule has 1 amide bonds. The maximum Gasteiger partial charge on any atom is 0.348 e. The summed E-state index contributed by atoms with van der Waals surface area (Å²) in [5.41, 5.74) is 2.69. The van der Waals surface area contributed by atoms with E-state index >= 15 is 0 Å². The van der Waals surface area contributed by atoms with Crippen molar-refractivity contribution in [2.75, 3.05) is 26.0 Å². The molecule has 3 aromatic rings. The second-order valence-corrected chi connectivity index (χ2v) is 6.95. The van der Waals surface area contributed by atoms with Crippen molar-refractivity contribution in [3.8, 4) is 0 Å². The fourth-order valence-corrected chi connectivity index (χ4v) is 2.93. The average Bonchev–Trinajstić information content (AvgIpc) is 2.67. The summed E-state index contributed by atoms with van der Waals surface area (Å²) in [5, 5.41) is 6.17. The number of hydrogen-bond acceptors (Lipinski definition) is 6. The molecule has 7 nitrogen and oxygen atoms in total. The summed E-state index contributed by atoms with van der Waals surface area (Å²) in [7, 11) is 3.66. The lowest BCUT2D eigenvalue weighted by Crippen LogP contribution is -2.33.